The van der Waals surface area contributed by atoms with Gasteiger partial charge in [-0.1, -0.05) is 13.0 Å². The van der Waals surface area contributed by atoms with E-state index in [-0.39, 0.29) is 47.7 Å². The molecule has 2 amide bonds. The minimum atomic E-state index is -0.670. The number of fused-ring (bicyclic) bond motifs is 1. The molecule has 0 aromatic carbocycles. The standard InChI is InChI=1S/C32H37BrN8O3/c1-16-8-11-26(33)37-31(16)38-32(44)25-12-17(2)19(4)41(25)27(43)15-40-30-23(28(39-40)20(5)42)13-24(36-29(30)22-9-10-22)18(3)14-35-21(6)34-7/h8,11,13-14,17,19,22,25H,7,9-10,12,15H2,1-6H3,(H,37,38,44)/b18-14+,35-21-/t17-,19+,25-/m0/s1. The highest BCUT2D eigenvalue weighted by Crippen LogP contribution is 2.43. The average Bonchev–Trinajstić information content (AvgIpc) is 3.71. The van der Waals surface area contributed by atoms with Gasteiger partial charge in [-0.25, -0.2) is 15.0 Å². The maximum atomic E-state index is 14.1. The number of pyridine rings is 2. The fourth-order valence-corrected chi connectivity index (χ4v) is 5.96. The van der Waals surface area contributed by atoms with Gasteiger partial charge in [-0.15, -0.1) is 0 Å². The minimum Gasteiger partial charge on any atom is -0.326 e. The van der Waals surface area contributed by atoms with Crippen molar-refractivity contribution in [2.45, 2.75) is 85.4 Å². The summed E-state index contributed by atoms with van der Waals surface area (Å²) in [5, 5.41) is 8.24. The number of carbonyl (C=O) groups excluding carboxylic acids is 3. The van der Waals surface area contributed by atoms with E-state index < -0.39 is 6.04 Å². The number of anilines is 1. The number of hydrogen-bond acceptors (Lipinski definition) is 7. The van der Waals surface area contributed by atoms with Crippen LogP contribution in [0, 0.1) is 12.8 Å². The highest BCUT2D eigenvalue weighted by Gasteiger charge is 2.43. The van der Waals surface area contributed by atoms with E-state index in [0.717, 1.165) is 29.7 Å². The predicted molar refractivity (Wildman–Crippen MR) is 175 cm³/mol. The molecule has 0 bridgehead atoms. The molecule has 11 nitrogen and oxygen atoms in total. The summed E-state index contributed by atoms with van der Waals surface area (Å²) in [5.41, 5.74) is 4.09. The Morgan fingerprint density at radius 2 is 1.89 bits per heavy atom. The summed E-state index contributed by atoms with van der Waals surface area (Å²) in [6.07, 6.45) is 4.14. The maximum Gasteiger partial charge on any atom is 0.248 e. The van der Waals surface area contributed by atoms with Gasteiger partial charge in [0.1, 0.15) is 34.5 Å². The van der Waals surface area contributed by atoms with Crippen LogP contribution >= 0.6 is 15.9 Å². The number of ketones is 1. The molecule has 44 heavy (non-hydrogen) atoms. The molecule has 0 unspecified atom stereocenters. The monoisotopic (exact) mass is 660 g/mol. The van der Waals surface area contributed by atoms with Crippen LogP contribution < -0.4 is 5.32 Å². The van der Waals surface area contributed by atoms with E-state index in [2.05, 4.69) is 48.0 Å². The molecule has 1 saturated heterocycles. The van der Waals surface area contributed by atoms with E-state index in [4.69, 9.17) is 4.98 Å². The number of allylic oxidation sites excluding steroid dienone is 1. The average molecular weight is 662 g/mol. The second kappa shape index (κ2) is 12.5. The highest BCUT2D eigenvalue weighted by molar-refractivity contribution is 9.10. The zero-order valence-corrected chi connectivity index (χ0v) is 27.5. The summed E-state index contributed by atoms with van der Waals surface area (Å²) in [6, 6.07) is 4.68. The second-order valence-corrected chi connectivity index (χ2v) is 12.6. The van der Waals surface area contributed by atoms with E-state index in [1.807, 2.05) is 45.9 Å². The van der Waals surface area contributed by atoms with Gasteiger partial charge in [0, 0.05) is 30.5 Å². The van der Waals surface area contributed by atoms with Crippen LogP contribution in [-0.2, 0) is 16.1 Å². The Bertz CT molecular complexity index is 1740. The van der Waals surface area contributed by atoms with E-state index in [0.29, 0.717) is 39.3 Å². The molecule has 2 aliphatic rings. The van der Waals surface area contributed by atoms with Crippen molar-refractivity contribution in [1.29, 1.82) is 0 Å². The first-order valence-electron chi connectivity index (χ1n) is 14.7. The van der Waals surface area contributed by atoms with Crippen molar-refractivity contribution < 1.29 is 14.4 Å². The Labute approximate surface area is 265 Å². The van der Waals surface area contributed by atoms with Crippen LogP contribution in [0.3, 0.4) is 0 Å². The van der Waals surface area contributed by atoms with Gasteiger partial charge in [0.05, 0.1) is 16.9 Å². The van der Waals surface area contributed by atoms with Gasteiger partial charge in [-0.3, -0.25) is 24.0 Å². The van der Waals surface area contributed by atoms with Gasteiger partial charge < -0.3 is 10.2 Å². The summed E-state index contributed by atoms with van der Waals surface area (Å²) in [4.78, 5) is 59.6. The lowest BCUT2D eigenvalue weighted by Gasteiger charge is -2.28. The number of aliphatic imine (C=N–C) groups is 2. The third kappa shape index (κ3) is 6.26. The number of likely N-dealkylation sites (tertiary alicyclic amines) is 1. The van der Waals surface area contributed by atoms with Crippen LogP contribution in [0.15, 0.2) is 39.0 Å². The lowest BCUT2D eigenvalue weighted by molar-refractivity contribution is -0.139. The molecule has 1 aliphatic heterocycles. The molecule has 0 radical (unpaired) electrons. The first-order valence-corrected chi connectivity index (χ1v) is 15.5. The van der Waals surface area contributed by atoms with Gasteiger partial charge in [0.25, 0.3) is 0 Å². The van der Waals surface area contributed by atoms with Gasteiger partial charge in [-0.2, -0.15) is 5.10 Å². The molecule has 1 aliphatic carbocycles. The Balaban J connectivity index is 1.51. The Kier molecular flexibility index (Phi) is 8.92. The zero-order chi connectivity index (χ0) is 31.9. The van der Waals surface area contributed by atoms with Gasteiger partial charge in [0.15, 0.2) is 5.78 Å². The largest absolute Gasteiger partial charge is 0.326 e. The van der Waals surface area contributed by atoms with Crippen LogP contribution in [0.5, 0.6) is 0 Å². The molecular weight excluding hydrogens is 624 g/mol. The van der Waals surface area contributed by atoms with Crippen LogP contribution in [0.25, 0.3) is 16.5 Å². The highest BCUT2D eigenvalue weighted by atomic mass is 79.9. The number of halogens is 1. The van der Waals surface area contributed by atoms with Crippen molar-refractivity contribution in [3.05, 3.63) is 51.6 Å². The molecule has 1 N–H and O–H groups in total. The number of nitrogens with one attached hydrogen (secondary N) is 1. The minimum absolute atomic E-state index is 0.108. The van der Waals surface area contributed by atoms with Gasteiger partial charge in [-0.05, 0) is 98.8 Å². The molecule has 4 heterocycles. The molecule has 230 valence electrons. The fraction of sp³-hybridized carbons (Fsp3) is 0.438. The van der Waals surface area contributed by atoms with Gasteiger partial charge in [0.2, 0.25) is 11.8 Å². The Morgan fingerprint density at radius 1 is 1.16 bits per heavy atom. The summed E-state index contributed by atoms with van der Waals surface area (Å²) >= 11 is 3.36. The molecule has 12 heteroatoms. The predicted octanol–water partition coefficient (Wildman–Crippen LogP) is 5.72. The second-order valence-electron chi connectivity index (χ2n) is 11.8. The Hall–Kier alpha value is -4.06. The van der Waals surface area contributed by atoms with Crippen LogP contribution in [0.1, 0.15) is 87.2 Å². The molecule has 3 aromatic rings. The third-order valence-corrected chi connectivity index (χ3v) is 8.94. The number of Topliss-reactive ketones (excluding diaryl/α,β-unsaturated/α-hetero) is 1. The lowest BCUT2D eigenvalue weighted by atomic mass is 10.0. The van der Waals surface area contributed by atoms with Crippen molar-refractivity contribution in [1.82, 2.24) is 24.6 Å². The third-order valence-electron chi connectivity index (χ3n) is 8.50. The number of aromatic nitrogens is 4. The van der Waals surface area contributed by atoms with Crippen molar-refractivity contribution in [2.24, 2.45) is 15.9 Å². The quantitative estimate of drug-likeness (QED) is 0.142. The van der Waals surface area contributed by atoms with Crippen molar-refractivity contribution in [3.8, 4) is 0 Å². The number of amidine groups is 1. The molecule has 3 aromatic heterocycles. The van der Waals surface area contributed by atoms with Crippen molar-refractivity contribution in [2.75, 3.05) is 5.32 Å². The van der Waals surface area contributed by atoms with E-state index in [1.165, 1.54) is 6.92 Å². The molecule has 3 atom stereocenters. The zero-order valence-electron chi connectivity index (χ0n) is 25.9. The summed E-state index contributed by atoms with van der Waals surface area (Å²) < 4.78 is 2.21. The molecule has 5 rings (SSSR count). The summed E-state index contributed by atoms with van der Waals surface area (Å²) in [6.45, 7) is 14.4. The molecule has 0 spiro atoms. The van der Waals surface area contributed by atoms with Crippen LogP contribution in [0.4, 0.5) is 5.82 Å². The molecule has 1 saturated carbocycles. The summed E-state index contributed by atoms with van der Waals surface area (Å²) in [7, 11) is 0. The van der Waals surface area contributed by atoms with E-state index in [9.17, 15) is 14.4 Å². The number of amides is 2. The van der Waals surface area contributed by atoms with E-state index >= 15 is 0 Å². The fourth-order valence-electron chi connectivity index (χ4n) is 5.65. The Morgan fingerprint density at radius 3 is 2.55 bits per heavy atom. The first kappa shape index (κ1) is 31.4. The maximum absolute atomic E-state index is 14.1. The number of nitrogens with zero attached hydrogens (tertiary/aromatic N) is 7. The first-order chi connectivity index (χ1) is 20.9. The number of hydrogen-bond donors (Lipinski definition) is 1. The number of carbonyl (C=O) groups is 3. The number of rotatable bonds is 8. The van der Waals surface area contributed by atoms with E-state index in [1.54, 1.807) is 22.7 Å². The van der Waals surface area contributed by atoms with Gasteiger partial charge >= 0.3 is 0 Å². The van der Waals surface area contributed by atoms with Crippen LogP contribution in [-0.4, -0.2) is 66.9 Å². The summed E-state index contributed by atoms with van der Waals surface area (Å²) in [5.74, 6) is 0.569. The lowest BCUT2D eigenvalue weighted by Crippen LogP contribution is -2.47. The molecule has 2 fully saturated rings. The topological polar surface area (TPSA) is 135 Å². The normalized spacial score (nSPS) is 20.7. The molecular formula is C32H37BrN8O3. The SMILES string of the molecule is C=N/C(C)=N\C=C(/C)c1cc2c(C(C)=O)nn(CC(=O)N3[C@H](C)[C@@H](C)C[C@H]3C(=O)Nc3nc(Br)ccc3C)c2c(C2CC2)n1. The van der Waals surface area contributed by atoms with Crippen LogP contribution in [0.2, 0.25) is 0 Å². The smallest absolute Gasteiger partial charge is 0.248 e. The number of aryl methyl sites for hydroxylation is 1. The van der Waals surface area contributed by atoms with Crippen molar-refractivity contribution >= 4 is 68.4 Å². The van der Waals surface area contributed by atoms with Crippen molar-refractivity contribution in [3.63, 3.8) is 0 Å².